The summed E-state index contributed by atoms with van der Waals surface area (Å²) in [5, 5.41) is 5.13. The summed E-state index contributed by atoms with van der Waals surface area (Å²) in [5.41, 5.74) is 1.70. The minimum Gasteiger partial charge on any atom is -0.378 e. The zero-order valence-electron chi connectivity index (χ0n) is 9.81. The molecule has 0 unspecified atom stereocenters. The Morgan fingerprint density at radius 1 is 1.37 bits per heavy atom. The zero-order chi connectivity index (χ0) is 13.2. The van der Waals surface area contributed by atoms with Crippen molar-refractivity contribution in [2.75, 3.05) is 5.32 Å². The van der Waals surface area contributed by atoms with Crippen LogP contribution in [0.15, 0.2) is 40.5 Å². The summed E-state index contributed by atoms with van der Waals surface area (Å²) in [6.45, 7) is 0.501. The number of fused-ring (bicyclic) bond motifs is 1. The van der Waals surface area contributed by atoms with E-state index in [0.717, 1.165) is 14.8 Å². The lowest BCUT2D eigenvalue weighted by Crippen LogP contribution is -2.13. The molecule has 3 aromatic rings. The predicted molar refractivity (Wildman–Crippen MR) is 86.7 cm³/mol. The summed E-state index contributed by atoms with van der Waals surface area (Å²) in [7, 11) is 0. The Hall–Kier alpha value is -1.41. The number of aromatic amines is 1. The Morgan fingerprint density at radius 3 is 3.11 bits per heavy atom. The fourth-order valence-corrected chi connectivity index (χ4v) is 3.06. The number of aromatic nitrogens is 2. The molecular weight excluding hydrogens is 373 g/mol. The van der Waals surface area contributed by atoms with Gasteiger partial charge in [0, 0.05) is 9.26 Å². The number of anilines is 1. The highest BCUT2D eigenvalue weighted by Gasteiger charge is 2.04. The molecule has 2 N–H and O–H groups in total. The molecule has 0 atom stereocenters. The standard InChI is InChI=1S/C13H10IN3OS/c14-8-2-1-3-9(6-8)15-7-11-16-10-4-5-19-12(10)13(18)17-11/h1-6,15H,7H2,(H,16,17,18). The molecule has 0 saturated carbocycles. The molecule has 2 heterocycles. The lowest BCUT2D eigenvalue weighted by molar-refractivity contribution is 0.955. The fraction of sp³-hybridized carbons (Fsp3) is 0.0769. The molecule has 0 spiro atoms. The number of halogens is 1. The second-order valence-corrected chi connectivity index (χ2v) is 6.17. The van der Waals surface area contributed by atoms with Crippen molar-refractivity contribution in [2.45, 2.75) is 6.54 Å². The van der Waals surface area contributed by atoms with Crippen LogP contribution in [0.2, 0.25) is 0 Å². The quantitative estimate of drug-likeness (QED) is 0.683. The molecule has 0 aliphatic heterocycles. The van der Waals surface area contributed by atoms with Crippen LogP contribution in [0, 0.1) is 3.57 Å². The first-order valence-electron chi connectivity index (χ1n) is 5.68. The zero-order valence-corrected chi connectivity index (χ0v) is 12.8. The Morgan fingerprint density at radius 2 is 2.26 bits per heavy atom. The molecule has 0 bridgehead atoms. The lowest BCUT2D eigenvalue weighted by atomic mass is 10.3. The van der Waals surface area contributed by atoms with Crippen molar-refractivity contribution in [2.24, 2.45) is 0 Å². The van der Waals surface area contributed by atoms with Gasteiger partial charge in [0.25, 0.3) is 5.56 Å². The predicted octanol–water partition coefficient (Wildman–Crippen LogP) is 3.20. The molecule has 0 saturated heterocycles. The number of nitrogens with zero attached hydrogens (tertiary/aromatic N) is 1. The van der Waals surface area contributed by atoms with Crippen LogP contribution in [0.3, 0.4) is 0 Å². The van der Waals surface area contributed by atoms with Gasteiger partial charge in [-0.2, -0.15) is 0 Å². The summed E-state index contributed by atoms with van der Waals surface area (Å²) in [5.74, 6) is 0.648. The summed E-state index contributed by atoms with van der Waals surface area (Å²) in [4.78, 5) is 19.0. The highest BCUT2D eigenvalue weighted by Crippen LogP contribution is 2.15. The van der Waals surface area contributed by atoms with Gasteiger partial charge >= 0.3 is 0 Å². The van der Waals surface area contributed by atoms with Gasteiger partial charge in [0.15, 0.2) is 0 Å². The van der Waals surface area contributed by atoms with E-state index in [1.807, 2.05) is 35.7 Å². The van der Waals surface area contributed by atoms with Crippen LogP contribution in [0.4, 0.5) is 5.69 Å². The Labute approximate surface area is 127 Å². The van der Waals surface area contributed by atoms with Crippen LogP contribution in [-0.4, -0.2) is 9.97 Å². The molecule has 19 heavy (non-hydrogen) atoms. The van der Waals surface area contributed by atoms with Crippen LogP contribution in [0.5, 0.6) is 0 Å². The Bertz CT molecular complexity index is 781. The van der Waals surface area contributed by atoms with Crippen molar-refractivity contribution in [3.8, 4) is 0 Å². The molecule has 0 amide bonds. The maximum absolute atomic E-state index is 11.8. The molecular formula is C13H10IN3OS. The highest BCUT2D eigenvalue weighted by molar-refractivity contribution is 14.1. The van der Waals surface area contributed by atoms with Crippen molar-refractivity contribution in [3.05, 3.63) is 55.5 Å². The molecule has 3 rings (SSSR count). The van der Waals surface area contributed by atoms with E-state index in [-0.39, 0.29) is 5.56 Å². The van der Waals surface area contributed by atoms with Gasteiger partial charge in [-0.15, -0.1) is 11.3 Å². The van der Waals surface area contributed by atoms with Gasteiger partial charge in [0.2, 0.25) is 0 Å². The summed E-state index contributed by atoms with van der Waals surface area (Å²) in [6, 6.07) is 9.92. The number of hydrogen-bond acceptors (Lipinski definition) is 4. The van der Waals surface area contributed by atoms with Gasteiger partial charge in [-0.1, -0.05) is 6.07 Å². The summed E-state index contributed by atoms with van der Waals surface area (Å²) in [6.07, 6.45) is 0. The second kappa shape index (κ2) is 5.30. The normalized spacial score (nSPS) is 10.8. The minimum atomic E-state index is -0.0700. The topological polar surface area (TPSA) is 57.8 Å². The number of H-pyrrole nitrogens is 1. The first-order valence-corrected chi connectivity index (χ1v) is 7.64. The van der Waals surface area contributed by atoms with E-state index < -0.39 is 0 Å². The van der Waals surface area contributed by atoms with Crippen molar-refractivity contribution >= 4 is 49.8 Å². The third kappa shape index (κ3) is 2.79. The van der Waals surface area contributed by atoms with Crippen molar-refractivity contribution in [3.63, 3.8) is 0 Å². The molecule has 2 aromatic heterocycles. The molecule has 1 aromatic carbocycles. The number of rotatable bonds is 3. The number of thiophene rings is 1. The van der Waals surface area contributed by atoms with E-state index in [1.54, 1.807) is 0 Å². The van der Waals surface area contributed by atoms with Gasteiger partial charge in [0.1, 0.15) is 10.5 Å². The maximum atomic E-state index is 11.8. The Kier molecular flexibility index (Phi) is 3.52. The SMILES string of the molecule is O=c1[nH]c(CNc2cccc(I)c2)nc2ccsc12. The number of hydrogen-bond donors (Lipinski definition) is 2. The van der Waals surface area contributed by atoms with Gasteiger partial charge in [0.05, 0.1) is 12.1 Å². The third-order valence-electron chi connectivity index (χ3n) is 2.65. The summed E-state index contributed by atoms with van der Waals surface area (Å²) >= 11 is 3.68. The fourth-order valence-electron chi connectivity index (χ4n) is 1.79. The first-order chi connectivity index (χ1) is 9.22. The second-order valence-electron chi connectivity index (χ2n) is 4.01. The van der Waals surface area contributed by atoms with E-state index in [9.17, 15) is 4.79 Å². The molecule has 6 heteroatoms. The van der Waals surface area contributed by atoms with Crippen molar-refractivity contribution < 1.29 is 0 Å². The van der Waals surface area contributed by atoms with E-state index in [0.29, 0.717) is 17.1 Å². The highest BCUT2D eigenvalue weighted by atomic mass is 127. The van der Waals surface area contributed by atoms with Gasteiger partial charge < -0.3 is 10.3 Å². The molecule has 0 aliphatic rings. The molecule has 0 radical (unpaired) electrons. The largest absolute Gasteiger partial charge is 0.378 e. The van der Waals surface area contributed by atoms with Gasteiger partial charge in [-0.05, 0) is 52.2 Å². The third-order valence-corrected chi connectivity index (χ3v) is 4.22. The van der Waals surface area contributed by atoms with E-state index in [4.69, 9.17) is 0 Å². The van der Waals surface area contributed by atoms with Crippen LogP contribution in [0.25, 0.3) is 10.2 Å². The number of benzene rings is 1. The van der Waals surface area contributed by atoms with Crippen LogP contribution in [0.1, 0.15) is 5.82 Å². The maximum Gasteiger partial charge on any atom is 0.268 e. The van der Waals surface area contributed by atoms with Crippen LogP contribution < -0.4 is 10.9 Å². The monoisotopic (exact) mass is 383 g/mol. The molecule has 4 nitrogen and oxygen atoms in total. The Balaban J connectivity index is 1.83. The van der Waals surface area contributed by atoms with Crippen molar-refractivity contribution in [1.82, 2.24) is 9.97 Å². The molecule has 96 valence electrons. The smallest absolute Gasteiger partial charge is 0.268 e. The minimum absolute atomic E-state index is 0.0700. The number of nitrogens with one attached hydrogen (secondary N) is 2. The summed E-state index contributed by atoms with van der Waals surface area (Å²) < 4.78 is 1.84. The van der Waals surface area contributed by atoms with Gasteiger partial charge in [-0.25, -0.2) is 4.98 Å². The average Bonchev–Trinajstić information content (AvgIpc) is 2.85. The average molecular weight is 383 g/mol. The van der Waals surface area contributed by atoms with E-state index in [2.05, 4.69) is 37.9 Å². The van der Waals surface area contributed by atoms with Crippen LogP contribution in [-0.2, 0) is 6.54 Å². The van der Waals surface area contributed by atoms with Crippen LogP contribution >= 0.6 is 33.9 Å². The van der Waals surface area contributed by atoms with Gasteiger partial charge in [-0.3, -0.25) is 4.79 Å². The van der Waals surface area contributed by atoms with Crippen molar-refractivity contribution in [1.29, 1.82) is 0 Å². The molecule has 0 aliphatic carbocycles. The lowest BCUT2D eigenvalue weighted by Gasteiger charge is -2.06. The van der Waals surface area contributed by atoms with E-state index >= 15 is 0 Å². The van der Waals surface area contributed by atoms with E-state index in [1.165, 1.54) is 11.3 Å². The molecule has 0 fully saturated rings. The first kappa shape index (κ1) is 12.6.